The molecule has 0 spiro atoms. The fourth-order valence-electron chi connectivity index (χ4n) is 3.10. The maximum Gasteiger partial charge on any atom is 0.263 e. The molecule has 2 aromatic carbocycles. The molecule has 132 valence electrons. The molecule has 0 fully saturated rings. The number of aromatic nitrogens is 1. The summed E-state index contributed by atoms with van der Waals surface area (Å²) in [5, 5.41) is 10.8. The number of nitrogens with zero attached hydrogens (tertiary/aromatic N) is 1. The van der Waals surface area contributed by atoms with E-state index in [0.29, 0.717) is 32.8 Å². The van der Waals surface area contributed by atoms with Crippen LogP contribution in [0.2, 0.25) is 5.02 Å². The summed E-state index contributed by atoms with van der Waals surface area (Å²) >= 11 is 6.11. The van der Waals surface area contributed by atoms with Gasteiger partial charge in [0.05, 0.1) is 23.5 Å². The molecule has 0 radical (unpaired) electrons. The molecule has 0 aliphatic carbocycles. The van der Waals surface area contributed by atoms with Crippen molar-refractivity contribution < 1.29 is 13.9 Å². The summed E-state index contributed by atoms with van der Waals surface area (Å²) in [5.74, 6) is 0. The lowest BCUT2D eigenvalue weighted by Crippen LogP contribution is -2.20. The predicted molar refractivity (Wildman–Crippen MR) is 103 cm³/mol. The molecule has 5 nitrogen and oxygen atoms in total. The molecule has 26 heavy (non-hydrogen) atoms. The summed E-state index contributed by atoms with van der Waals surface area (Å²) in [7, 11) is -2.23. The highest BCUT2D eigenvalue weighted by Gasteiger charge is 2.34. The molecule has 7 heteroatoms. The number of fused-ring (bicyclic) bond motifs is 1. The van der Waals surface area contributed by atoms with Crippen molar-refractivity contribution in [1.29, 1.82) is 5.26 Å². The smallest absolute Gasteiger partial charge is 0.263 e. The van der Waals surface area contributed by atoms with Crippen LogP contribution in [0.15, 0.2) is 36.4 Å². The quantitative estimate of drug-likeness (QED) is 0.532. The number of halogens is 1. The number of aromatic amines is 1. The Morgan fingerprint density at radius 3 is 2.73 bits per heavy atom. The largest absolute Gasteiger partial charge is 0.352 e. The van der Waals surface area contributed by atoms with Gasteiger partial charge >= 0.3 is 0 Å². The second-order valence-corrected chi connectivity index (χ2v) is 8.81. The molecule has 0 saturated carbocycles. The first kappa shape index (κ1) is 18.4. The molecule has 0 saturated heterocycles. The van der Waals surface area contributed by atoms with Gasteiger partial charge in [-0.25, -0.2) is 0 Å². The van der Waals surface area contributed by atoms with E-state index in [9.17, 15) is 9.36 Å². The van der Waals surface area contributed by atoms with Crippen LogP contribution in [-0.4, -0.2) is 18.4 Å². The van der Waals surface area contributed by atoms with E-state index in [-0.39, 0.29) is 12.1 Å². The molecule has 0 aliphatic rings. The number of hydrogen-bond acceptors (Lipinski definition) is 4. The summed E-state index contributed by atoms with van der Waals surface area (Å²) < 4.78 is 19.4. The van der Waals surface area contributed by atoms with E-state index >= 15 is 0 Å². The minimum absolute atomic E-state index is 0.191. The van der Waals surface area contributed by atoms with E-state index in [2.05, 4.69) is 11.1 Å². The summed E-state index contributed by atoms with van der Waals surface area (Å²) in [5.41, 5.74) is 2.44. The van der Waals surface area contributed by atoms with Crippen molar-refractivity contribution in [1.82, 2.24) is 4.98 Å². The van der Waals surface area contributed by atoms with Crippen molar-refractivity contribution in [3.8, 4) is 6.07 Å². The molecular weight excluding hydrogens is 371 g/mol. The van der Waals surface area contributed by atoms with E-state index < -0.39 is 7.37 Å². The van der Waals surface area contributed by atoms with Crippen molar-refractivity contribution in [2.75, 3.05) is 7.11 Å². The zero-order chi connectivity index (χ0) is 18.9. The molecule has 0 bridgehead atoms. The van der Waals surface area contributed by atoms with Gasteiger partial charge in [0, 0.05) is 28.3 Å². The van der Waals surface area contributed by atoms with Gasteiger partial charge in [0.1, 0.15) is 0 Å². The van der Waals surface area contributed by atoms with Crippen LogP contribution in [0.4, 0.5) is 0 Å². The lowest BCUT2D eigenvalue weighted by molar-refractivity contribution is 0.112. The third-order valence-electron chi connectivity index (χ3n) is 4.18. The van der Waals surface area contributed by atoms with Crippen LogP contribution < -0.4 is 10.6 Å². The van der Waals surface area contributed by atoms with Gasteiger partial charge in [-0.1, -0.05) is 17.7 Å². The van der Waals surface area contributed by atoms with Crippen molar-refractivity contribution >= 4 is 46.8 Å². The Balaban J connectivity index is 2.34. The Bertz CT molecular complexity index is 1100. The van der Waals surface area contributed by atoms with Gasteiger partial charge in [-0.2, -0.15) is 5.26 Å². The maximum absolute atomic E-state index is 13.9. The number of carbonyl (C=O) groups is 1. The van der Waals surface area contributed by atoms with Gasteiger partial charge in [-0.15, -0.1) is 0 Å². The molecular formula is C19H16ClN2O3P. The Morgan fingerprint density at radius 1 is 1.31 bits per heavy atom. The molecule has 0 amide bonds. The van der Waals surface area contributed by atoms with Crippen LogP contribution in [0.25, 0.3) is 10.9 Å². The molecule has 0 aliphatic heterocycles. The highest BCUT2D eigenvalue weighted by Crippen LogP contribution is 2.47. The van der Waals surface area contributed by atoms with Gasteiger partial charge in [-0.3, -0.25) is 9.36 Å². The van der Waals surface area contributed by atoms with Crippen LogP contribution in [0.3, 0.4) is 0 Å². The number of carbonyl (C=O) groups excluding carboxylic acids is 1. The SMILES string of the molecule is COP(=O)(c1cc(C)cc(CC#N)c1)c1c(C=O)[nH]c2ccc(Cl)cc12. The van der Waals surface area contributed by atoms with Crippen molar-refractivity contribution in [2.24, 2.45) is 0 Å². The summed E-state index contributed by atoms with van der Waals surface area (Å²) in [6.07, 6.45) is 0.819. The lowest BCUT2D eigenvalue weighted by Gasteiger charge is -2.18. The van der Waals surface area contributed by atoms with E-state index in [1.807, 2.05) is 13.0 Å². The fourth-order valence-corrected chi connectivity index (χ4v) is 5.56. The first-order valence-electron chi connectivity index (χ1n) is 7.83. The Labute approximate surface area is 156 Å². The van der Waals surface area contributed by atoms with Crippen molar-refractivity contribution in [3.63, 3.8) is 0 Å². The lowest BCUT2D eigenvalue weighted by atomic mass is 10.1. The van der Waals surface area contributed by atoms with Crippen LogP contribution in [0, 0.1) is 18.3 Å². The number of aryl methyl sites for hydroxylation is 1. The van der Waals surface area contributed by atoms with Crippen LogP contribution >= 0.6 is 19.0 Å². The molecule has 1 heterocycles. The van der Waals surface area contributed by atoms with Gasteiger partial charge in [0.25, 0.3) is 7.37 Å². The first-order chi connectivity index (χ1) is 12.4. The Kier molecular flexibility index (Phi) is 5.02. The third-order valence-corrected chi connectivity index (χ3v) is 6.93. The monoisotopic (exact) mass is 386 g/mol. The highest BCUT2D eigenvalue weighted by atomic mass is 35.5. The zero-order valence-electron chi connectivity index (χ0n) is 14.2. The minimum Gasteiger partial charge on any atom is -0.352 e. The third kappa shape index (κ3) is 3.08. The maximum atomic E-state index is 13.9. The summed E-state index contributed by atoms with van der Waals surface area (Å²) in [6.45, 7) is 1.86. The van der Waals surface area contributed by atoms with Crippen molar-refractivity contribution in [3.05, 3.63) is 58.2 Å². The predicted octanol–water partition coefficient (Wildman–Crippen LogP) is 3.88. The average Bonchev–Trinajstić information content (AvgIpc) is 2.99. The second kappa shape index (κ2) is 7.09. The standard InChI is InChI=1S/C19H16ClN2O3P/c1-12-7-13(5-6-21)9-15(8-12)26(24,25-2)19-16-10-14(20)3-4-17(16)22-18(19)11-23/h3-4,7-11,22H,5H2,1-2H3. The molecule has 1 aromatic heterocycles. The molecule has 1 unspecified atom stereocenters. The van der Waals surface area contributed by atoms with Gasteiger partial charge in [0.2, 0.25) is 0 Å². The number of benzene rings is 2. The van der Waals surface area contributed by atoms with Crippen molar-refractivity contribution in [2.45, 2.75) is 13.3 Å². The van der Waals surface area contributed by atoms with E-state index in [1.54, 1.807) is 30.3 Å². The normalized spacial score (nSPS) is 13.3. The molecule has 3 rings (SSSR count). The Hall–Kier alpha value is -2.38. The number of hydrogen-bond donors (Lipinski definition) is 1. The minimum atomic E-state index is -3.58. The van der Waals surface area contributed by atoms with Gasteiger partial charge in [-0.05, 0) is 48.4 Å². The molecule has 3 aromatic rings. The van der Waals surface area contributed by atoms with Gasteiger partial charge in [0.15, 0.2) is 6.29 Å². The zero-order valence-corrected chi connectivity index (χ0v) is 15.9. The second-order valence-electron chi connectivity index (χ2n) is 5.94. The van der Waals surface area contributed by atoms with Crippen LogP contribution in [0.5, 0.6) is 0 Å². The average molecular weight is 387 g/mol. The summed E-state index contributed by atoms with van der Waals surface area (Å²) in [6, 6.07) is 12.5. The van der Waals surface area contributed by atoms with E-state index in [4.69, 9.17) is 21.4 Å². The highest BCUT2D eigenvalue weighted by molar-refractivity contribution is 7.75. The van der Waals surface area contributed by atoms with E-state index in [1.165, 1.54) is 7.11 Å². The number of rotatable bonds is 5. The van der Waals surface area contributed by atoms with Gasteiger partial charge < -0.3 is 9.51 Å². The topological polar surface area (TPSA) is 82.9 Å². The fraction of sp³-hybridized carbons (Fsp3) is 0.158. The first-order valence-corrected chi connectivity index (χ1v) is 9.84. The molecule has 1 atom stereocenters. The summed E-state index contributed by atoms with van der Waals surface area (Å²) in [4.78, 5) is 14.6. The van der Waals surface area contributed by atoms with Crippen LogP contribution in [-0.2, 0) is 15.5 Å². The van der Waals surface area contributed by atoms with E-state index in [0.717, 1.165) is 11.1 Å². The Morgan fingerprint density at radius 2 is 2.08 bits per heavy atom. The molecule has 1 N–H and O–H groups in total. The number of nitriles is 1. The number of nitrogens with one attached hydrogen (secondary N) is 1. The number of aldehydes is 1. The van der Waals surface area contributed by atoms with Crippen LogP contribution in [0.1, 0.15) is 21.6 Å². The number of H-pyrrole nitrogens is 1.